The van der Waals surface area contributed by atoms with Gasteiger partial charge < -0.3 is 20.7 Å². The molecule has 5 nitrogen and oxygen atoms in total. The summed E-state index contributed by atoms with van der Waals surface area (Å²) in [5, 5.41) is 2.63. The zero-order chi connectivity index (χ0) is 14.7. The average molecular weight is 281 g/mol. The number of anilines is 2. The first-order chi connectivity index (χ1) is 9.58. The zero-order valence-corrected chi connectivity index (χ0v) is 11.8. The summed E-state index contributed by atoms with van der Waals surface area (Å²) < 4.78 is 19.3. The number of nitrogens with one attached hydrogen (secondary N) is 1. The van der Waals surface area contributed by atoms with Crippen molar-refractivity contribution in [3.63, 3.8) is 0 Å². The molecule has 1 aromatic carbocycles. The van der Waals surface area contributed by atoms with Crippen LogP contribution in [0.2, 0.25) is 0 Å². The first kappa shape index (κ1) is 14.4. The molecule has 2 rings (SSSR count). The maximum Gasteiger partial charge on any atom is 0.242 e. The van der Waals surface area contributed by atoms with Gasteiger partial charge in [-0.3, -0.25) is 4.79 Å². The van der Waals surface area contributed by atoms with Crippen molar-refractivity contribution in [1.29, 1.82) is 0 Å². The molecule has 1 heterocycles. The molecule has 1 amide bonds. The van der Waals surface area contributed by atoms with Crippen molar-refractivity contribution >= 4 is 17.3 Å². The zero-order valence-electron chi connectivity index (χ0n) is 11.8. The van der Waals surface area contributed by atoms with E-state index in [1.165, 1.54) is 13.2 Å². The number of ether oxygens (including phenoxy) is 1. The van der Waals surface area contributed by atoms with Crippen LogP contribution in [0.3, 0.4) is 0 Å². The van der Waals surface area contributed by atoms with Gasteiger partial charge in [0.2, 0.25) is 5.91 Å². The number of benzene rings is 1. The fourth-order valence-corrected chi connectivity index (χ4v) is 2.61. The minimum Gasteiger partial charge on any atom is -0.495 e. The van der Waals surface area contributed by atoms with Gasteiger partial charge in [-0.1, -0.05) is 0 Å². The van der Waals surface area contributed by atoms with E-state index in [0.717, 1.165) is 12.8 Å². The minimum absolute atomic E-state index is 0.0973. The van der Waals surface area contributed by atoms with E-state index in [-0.39, 0.29) is 17.6 Å². The normalized spacial score (nSPS) is 18.8. The Morgan fingerprint density at radius 1 is 1.50 bits per heavy atom. The lowest BCUT2D eigenvalue weighted by molar-refractivity contribution is -0.122. The molecular formula is C14H20FN3O2. The first-order valence-electron chi connectivity index (χ1n) is 6.69. The monoisotopic (exact) mass is 281 g/mol. The van der Waals surface area contributed by atoms with E-state index in [0.29, 0.717) is 24.4 Å². The van der Waals surface area contributed by atoms with Gasteiger partial charge in [0.25, 0.3) is 0 Å². The van der Waals surface area contributed by atoms with Crippen LogP contribution in [0.25, 0.3) is 0 Å². The van der Waals surface area contributed by atoms with Crippen LogP contribution in [0, 0.1) is 5.82 Å². The van der Waals surface area contributed by atoms with E-state index in [1.807, 2.05) is 0 Å². The molecule has 1 unspecified atom stereocenters. The van der Waals surface area contributed by atoms with Gasteiger partial charge in [-0.05, 0) is 19.3 Å². The standard InChI is InChI=1S/C14H20FN3O2/c1-17-14(19)11-5-3-4-6-18(11)12-8-13(20-2)10(16)7-9(12)15/h7-8,11H,3-6,16H2,1-2H3,(H,17,19). The second kappa shape index (κ2) is 5.98. The Hall–Kier alpha value is -1.98. The van der Waals surface area contributed by atoms with Crippen LogP contribution < -0.4 is 20.7 Å². The summed E-state index contributed by atoms with van der Waals surface area (Å²) in [6.45, 7) is 0.641. The average Bonchev–Trinajstić information content (AvgIpc) is 2.47. The number of carbonyl (C=O) groups is 1. The van der Waals surface area contributed by atoms with Crippen molar-refractivity contribution in [3.05, 3.63) is 17.9 Å². The SMILES string of the molecule is CNC(=O)C1CCCCN1c1cc(OC)c(N)cc1F. The largest absolute Gasteiger partial charge is 0.495 e. The maximum atomic E-state index is 14.2. The van der Waals surface area contributed by atoms with Gasteiger partial charge in [-0.15, -0.1) is 0 Å². The van der Waals surface area contributed by atoms with Gasteiger partial charge in [-0.2, -0.15) is 0 Å². The molecule has 0 spiro atoms. The van der Waals surface area contributed by atoms with E-state index in [2.05, 4.69) is 5.32 Å². The van der Waals surface area contributed by atoms with Crippen molar-refractivity contribution in [2.45, 2.75) is 25.3 Å². The molecule has 0 aromatic heterocycles. The van der Waals surface area contributed by atoms with Crippen LogP contribution in [0.1, 0.15) is 19.3 Å². The van der Waals surface area contributed by atoms with E-state index < -0.39 is 5.82 Å². The summed E-state index contributed by atoms with van der Waals surface area (Å²) >= 11 is 0. The molecule has 3 N–H and O–H groups in total. The second-order valence-corrected chi connectivity index (χ2v) is 4.86. The summed E-state index contributed by atoms with van der Waals surface area (Å²) in [7, 11) is 3.08. The Kier molecular flexibility index (Phi) is 4.32. The van der Waals surface area contributed by atoms with Crippen LogP contribution in [0.5, 0.6) is 5.75 Å². The molecule has 0 bridgehead atoms. The fraction of sp³-hybridized carbons (Fsp3) is 0.500. The predicted octanol–water partition coefficient (Wildman–Crippen LogP) is 1.52. The molecule has 1 saturated heterocycles. The molecule has 110 valence electrons. The fourth-order valence-electron chi connectivity index (χ4n) is 2.61. The lowest BCUT2D eigenvalue weighted by atomic mass is 10.00. The third kappa shape index (κ3) is 2.64. The molecule has 20 heavy (non-hydrogen) atoms. The summed E-state index contributed by atoms with van der Waals surface area (Å²) in [4.78, 5) is 13.7. The van der Waals surface area contributed by atoms with E-state index in [4.69, 9.17) is 10.5 Å². The molecule has 1 aromatic rings. The molecule has 0 radical (unpaired) electrons. The molecule has 1 aliphatic rings. The number of amides is 1. The summed E-state index contributed by atoms with van der Waals surface area (Å²) in [5.74, 6) is -0.110. The first-order valence-corrected chi connectivity index (χ1v) is 6.69. The Bertz CT molecular complexity index is 507. The molecule has 1 fully saturated rings. The van der Waals surface area contributed by atoms with E-state index in [9.17, 15) is 9.18 Å². The van der Waals surface area contributed by atoms with Crippen LogP contribution in [0.4, 0.5) is 15.8 Å². The van der Waals surface area contributed by atoms with Crippen LogP contribution in [-0.4, -0.2) is 32.7 Å². The summed E-state index contributed by atoms with van der Waals surface area (Å²) in [5.41, 5.74) is 6.31. The number of nitrogens with two attached hydrogens (primary N) is 1. The summed E-state index contributed by atoms with van der Waals surface area (Å²) in [6.07, 6.45) is 2.60. The number of likely N-dealkylation sites (N-methyl/N-ethyl adjacent to an activating group) is 1. The number of nitrogen functional groups attached to an aromatic ring is 1. The molecule has 1 aliphatic heterocycles. The number of nitrogens with zero attached hydrogens (tertiary/aromatic N) is 1. The van der Waals surface area contributed by atoms with Gasteiger partial charge in [-0.25, -0.2) is 4.39 Å². The van der Waals surface area contributed by atoms with Gasteiger partial charge in [0.1, 0.15) is 17.6 Å². The molecule has 0 saturated carbocycles. The number of hydrogen-bond donors (Lipinski definition) is 2. The van der Waals surface area contributed by atoms with Gasteiger partial charge >= 0.3 is 0 Å². The number of piperidine rings is 1. The van der Waals surface area contributed by atoms with Crippen molar-refractivity contribution in [2.24, 2.45) is 0 Å². The lowest BCUT2D eigenvalue weighted by Gasteiger charge is -2.36. The molecule has 0 aliphatic carbocycles. The highest BCUT2D eigenvalue weighted by Crippen LogP contribution is 2.34. The minimum atomic E-state index is -0.431. The summed E-state index contributed by atoms with van der Waals surface area (Å²) in [6, 6.07) is 2.45. The number of carbonyl (C=O) groups excluding carboxylic acids is 1. The number of halogens is 1. The van der Waals surface area contributed by atoms with E-state index >= 15 is 0 Å². The Morgan fingerprint density at radius 2 is 2.25 bits per heavy atom. The smallest absolute Gasteiger partial charge is 0.242 e. The van der Waals surface area contributed by atoms with Crippen molar-refractivity contribution in [3.8, 4) is 5.75 Å². The third-order valence-corrected chi connectivity index (χ3v) is 3.66. The lowest BCUT2D eigenvalue weighted by Crippen LogP contribution is -2.49. The van der Waals surface area contributed by atoms with Crippen molar-refractivity contribution < 1.29 is 13.9 Å². The second-order valence-electron chi connectivity index (χ2n) is 4.86. The Labute approximate surface area is 117 Å². The van der Waals surface area contributed by atoms with Crippen LogP contribution in [-0.2, 0) is 4.79 Å². The quantitative estimate of drug-likeness (QED) is 0.824. The van der Waals surface area contributed by atoms with Crippen molar-refractivity contribution in [1.82, 2.24) is 5.32 Å². The van der Waals surface area contributed by atoms with Gasteiger partial charge in [0.15, 0.2) is 0 Å². The van der Waals surface area contributed by atoms with E-state index in [1.54, 1.807) is 18.0 Å². The Balaban J connectivity index is 2.39. The highest BCUT2D eigenvalue weighted by Gasteiger charge is 2.30. The molecule has 1 atom stereocenters. The van der Waals surface area contributed by atoms with Gasteiger partial charge in [0, 0.05) is 25.7 Å². The number of hydrogen-bond acceptors (Lipinski definition) is 4. The van der Waals surface area contributed by atoms with Crippen LogP contribution >= 0.6 is 0 Å². The maximum absolute atomic E-state index is 14.2. The topological polar surface area (TPSA) is 67.6 Å². The highest BCUT2D eigenvalue weighted by molar-refractivity contribution is 5.85. The van der Waals surface area contributed by atoms with Crippen molar-refractivity contribution in [2.75, 3.05) is 31.3 Å². The highest BCUT2D eigenvalue weighted by atomic mass is 19.1. The molecular weight excluding hydrogens is 261 g/mol. The number of methoxy groups -OCH3 is 1. The van der Waals surface area contributed by atoms with Gasteiger partial charge in [0.05, 0.1) is 18.5 Å². The van der Waals surface area contributed by atoms with Crippen LogP contribution in [0.15, 0.2) is 12.1 Å². The Morgan fingerprint density at radius 3 is 2.90 bits per heavy atom. The molecule has 6 heteroatoms. The predicted molar refractivity (Wildman–Crippen MR) is 76.4 cm³/mol. The third-order valence-electron chi connectivity index (χ3n) is 3.66. The number of rotatable bonds is 3.